The molecule has 28 heavy (non-hydrogen) atoms. The third-order valence-corrected chi connectivity index (χ3v) is 5.20. The van der Waals surface area contributed by atoms with E-state index in [-0.39, 0.29) is 0 Å². The summed E-state index contributed by atoms with van der Waals surface area (Å²) in [4.78, 5) is 0. The van der Waals surface area contributed by atoms with Crippen LogP contribution < -0.4 is 9.47 Å². The zero-order valence-electron chi connectivity index (χ0n) is 15.2. The average Bonchev–Trinajstić information content (AvgIpc) is 2.72. The molecule has 0 aromatic heterocycles. The molecule has 0 heterocycles. The van der Waals surface area contributed by atoms with Gasteiger partial charge in [0.1, 0.15) is 6.61 Å². The van der Waals surface area contributed by atoms with Crippen molar-refractivity contribution in [3.8, 4) is 17.6 Å². The largest absolute Gasteiger partial charge is 0.493 e. The fraction of sp³-hybridized carbons (Fsp3) is 0.0870. The number of nitriles is 1. The van der Waals surface area contributed by atoms with Gasteiger partial charge in [0, 0.05) is 14.2 Å². The quantitative estimate of drug-likeness (QED) is 0.217. The Morgan fingerprint density at radius 2 is 1.82 bits per heavy atom. The Morgan fingerprint density at radius 1 is 1.07 bits per heavy atom. The third kappa shape index (κ3) is 5.06. The van der Waals surface area contributed by atoms with Gasteiger partial charge in [-0.3, -0.25) is 0 Å². The maximum absolute atomic E-state index is 9.54. The van der Waals surface area contributed by atoms with Crippen LogP contribution in [-0.2, 0) is 6.61 Å². The molecule has 0 atom stereocenters. The number of allylic oxidation sites excluding steroid dienone is 1. The molecule has 3 rings (SSSR count). The van der Waals surface area contributed by atoms with Crippen molar-refractivity contribution in [2.24, 2.45) is 0 Å². The molecule has 3 nitrogen and oxygen atoms in total. The van der Waals surface area contributed by atoms with E-state index in [0.29, 0.717) is 28.7 Å². The van der Waals surface area contributed by atoms with Gasteiger partial charge in [-0.1, -0.05) is 48.0 Å². The first-order chi connectivity index (χ1) is 13.6. The fourth-order valence-corrected chi connectivity index (χ4v) is 3.19. The molecule has 0 saturated heterocycles. The molecule has 0 fully saturated rings. The van der Waals surface area contributed by atoms with Crippen LogP contribution in [0.3, 0.4) is 0 Å². The highest BCUT2D eigenvalue weighted by Gasteiger charge is 2.08. The van der Waals surface area contributed by atoms with Crippen molar-refractivity contribution < 1.29 is 9.47 Å². The van der Waals surface area contributed by atoms with Crippen LogP contribution in [-0.4, -0.2) is 7.11 Å². The average molecular weight is 502 g/mol. The summed E-state index contributed by atoms with van der Waals surface area (Å²) in [5.74, 6) is 1.22. The summed E-state index contributed by atoms with van der Waals surface area (Å²) in [6.45, 7) is 0.345. The number of rotatable bonds is 6. The van der Waals surface area contributed by atoms with Gasteiger partial charge in [-0.15, -0.1) is 0 Å². The number of nitrogens with zero attached hydrogens (tertiary/aromatic N) is 1. The summed E-state index contributed by atoms with van der Waals surface area (Å²) in [6.07, 6.45) is 1.84. The number of hydrogen-bond acceptors (Lipinski definition) is 3. The first-order valence-corrected chi connectivity index (χ1v) is 9.98. The molecule has 3 aromatic rings. The standard InChI is InChI=1S/C23H17ClINO2/c1-27-23-13-16(12-19(14-26)17-7-9-20(25)10-8-17)6-11-22(23)28-15-18-4-2-3-5-21(18)24/h2-13H,15H2,1H3/b19-12-. The molecule has 0 unspecified atom stereocenters. The first kappa shape index (κ1) is 20.2. The van der Waals surface area contributed by atoms with E-state index in [9.17, 15) is 5.26 Å². The highest BCUT2D eigenvalue weighted by atomic mass is 127. The van der Waals surface area contributed by atoms with Crippen LogP contribution in [0.2, 0.25) is 5.02 Å². The van der Waals surface area contributed by atoms with E-state index in [2.05, 4.69) is 28.7 Å². The minimum Gasteiger partial charge on any atom is -0.493 e. The van der Waals surface area contributed by atoms with Gasteiger partial charge in [0.05, 0.1) is 18.8 Å². The molecular weight excluding hydrogens is 485 g/mol. The normalized spacial score (nSPS) is 11.0. The van der Waals surface area contributed by atoms with Crippen molar-refractivity contribution in [2.45, 2.75) is 6.61 Å². The minimum atomic E-state index is 0.345. The molecule has 0 N–H and O–H groups in total. The monoisotopic (exact) mass is 501 g/mol. The van der Waals surface area contributed by atoms with Crippen molar-refractivity contribution in [3.05, 3.63) is 92.0 Å². The zero-order chi connectivity index (χ0) is 19.9. The molecule has 0 spiro atoms. The molecule has 0 aliphatic rings. The molecule has 0 aliphatic carbocycles. The lowest BCUT2D eigenvalue weighted by molar-refractivity contribution is 0.284. The van der Waals surface area contributed by atoms with Crippen molar-refractivity contribution >= 4 is 45.8 Å². The molecular formula is C23H17ClINO2. The van der Waals surface area contributed by atoms with Crippen LogP contribution in [0.1, 0.15) is 16.7 Å². The van der Waals surface area contributed by atoms with Gasteiger partial charge in [-0.2, -0.15) is 5.26 Å². The van der Waals surface area contributed by atoms with Gasteiger partial charge in [0.15, 0.2) is 11.5 Å². The summed E-state index contributed by atoms with van der Waals surface area (Å²) in [5.41, 5.74) is 3.22. The molecule has 0 bridgehead atoms. The van der Waals surface area contributed by atoms with Crippen LogP contribution in [0.15, 0.2) is 66.7 Å². The van der Waals surface area contributed by atoms with E-state index in [1.807, 2.05) is 72.8 Å². The second kappa shape index (κ2) is 9.63. The molecule has 0 radical (unpaired) electrons. The Kier molecular flexibility index (Phi) is 6.96. The first-order valence-electron chi connectivity index (χ1n) is 8.52. The second-order valence-corrected chi connectivity index (χ2v) is 7.62. The van der Waals surface area contributed by atoms with E-state index >= 15 is 0 Å². The molecule has 0 aliphatic heterocycles. The van der Waals surface area contributed by atoms with Crippen LogP contribution in [0.4, 0.5) is 0 Å². The number of ether oxygens (including phenoxy) is 2. The summed E-state index contributed by atoms with van der Waals surface area (Å²) in [6, 6.07) is 23.2. The summed E-state index contributed by atoms with van der Waals surface area (Å²) in [7, 11) is 1.59. The summed E-state index contributed by atoms with van der Waals surface area (Å²) >= 11 is 8.42. The van der Waals surface area contributed by atoms with Crippen molar-refractivity contribution in [2.75, 3.05) is 7.11 Å². The number of benzene rings is 3. The maximum atomic E-state index is 9.54. The predicted octanol–water partition coefficient (Wildman–Crippen LogP) is 6.60. The van der Waals surface area contributed by atoms with Crippen molar-refractivity contribution in [1.82, 2.24) is 0 Å². The van der Waals surface area contributed by atoms with E-state index in [0.717, 1.165) is 20.3 Å². The van der Waals surface area contributed by atoms with Crippen LogP contribution >= 0.6 is 34.2 Å². The van der Waals surface area contributed by atoms with E-state index in [4.69, 9.17) is 21.1 Å². The zero-order valence-corrected chi connectivity index (χ0v) is 18.1. The minimum absolute atomic E-state index is 0.345. The molecule has 0 saturated carbocycles. The van der Waals surface area contributed by atoms with Gasteiger partial charge in [0.2, 0.25) is 0 Å². The maximum Gasteiger partial charge on any atom is 0.161 e. The van der Waals surface area contributed by atoms with Crippen LogP contribution in [0.25, 0.3) is 11.6 Å². The lowest BCUT2D eigenvalue weighted by Gasteiger charge is -2.12. The Hall–Kier alpha value is -2.49. The molecule has 3 aromatic carbocycles. The van der Waals surface area contributed by atoms with Gasteiger partial charge in [-0.05, 0) is 70.1 Å². The molecule has 140 valence electrons. The highest BCUT2D eigenvalue weighted by Crippen LogP contribution is 2.31. The highest BCUT2D eigenvalue weighted by molar-refractivity contribution is 14.1. The predicted molar refractivity (Wildman–Crippen MR) is 121 cm³/mol. The van der Waals surface area contributed by atoms with E-state index in [1.54, 1.807) is 7.11 Å². The van der Waals surface area contributed by atoms with E-state index < -0.39 is 0 Å². The number of hydrogen-bond donors (Lipinski definition) is 0. The van der Waals surface area contributed by atoms with E-state index in [1.165, 1.54) is 0 Å². The fourth-order valence-electron chi connectivity index (χ4n) is 2.64. The summed E-state index contributed by atoms with van der Waals surface area (Å²) < 4.78 is 12.5. The Labute approximate surface area is 183 Å². The van der Waals surface area contributed by atoms with Gasteiger partial charge < -0.3 is 9.47 Å². The third-order valence-electron chi connectivity index (χ3n) is 4.12. The molecule has 0 amide bonds. The van der Waals surface area contributed by atoms with Crippen molar-refractivity contribution in [3.63, 3.8) is 0 Å². The summed E-state index contributed by atoms with van der Waals surface area (Å²) in [5, 5.41) is 10.2. The Balaban J connectivity index is 1.83. The topological polar surface area (TPSA) is 42.2 Å². The Bertz CT molecular complexity index is 1040. The Morgan fingerprint density at radius 3 is 2.50 bits per heavy atom. The lowest BCUT2D eigenvalue weighted by Crippen LogP contribution is -1.98. The smallest absolute Gasteiger partial charge is 0.161 e. The van der Waals surface area contributed by atoms with Crippen molar-refractivity contribution in [1.29, 1.82) is 5.26 Å². The number of methoxy groups -OCH3 is 1. The van der Waals surface area contributed by atoms with Gasteiger partial charge in [0.25, 0.3) is 0 Å². The molecule has 5 heteroatoms. The van der Waals surface area contributed by atoms with Gasteiger partial charge >= 0.3 is 0 Å². The van der Waals surface area contributed by atoms with Gasteiger partial charge in [-0.25, -0.2) is 0 Å². The lowest BCUT2D eigenvalue weighted by atomic mass is 10.0. The second-order valence-electron chi connectivity index (χ2n) is 5.97. The number of halogens is 2. The van der Waals surface area contributed by atoms with Crippen LogP contribution in [0.5, 0.6) is 11.5 Å². The SMILES string of the molecule is COc1cc(/C=C(/C#N)c2ccc(I)cc2)ccc1OCc1ccccc1Cl. The van der Waals surface area contributed by atoms with Crippen LogP contribution in [0, 0.1) is 14.9 Å².